The first kappa shape index (κ1) is 24.7. The molecule has 188 valence electrons. The van der Waals surface area contributed by atoms with Crippen LogP contribution < -0.4 is 10.6 Å². The van der Waals surface area contributed by atoms with E-state index in [1.165, 1.54) is 35.3 Å². The van der Waals surface area contributed by atoms with E-state index in [1.807, 2.05) is 0 Å². The Labute approximate surface area is 202 Å². The molecule has 1 aromatic rings. The van der Waals surface area contributed by atoms with Gasteiger partial charge in [0.05, 0.1) is 6.54 Å². The summed E-state index contributed by atoms with van der Waals surface area (Å²) >= 11 is 0. The van der Waals surface area contributed by atoms with E-state index in [4.69, 9.17) is 0 Å². The van der Waals surface area contributed by atoms with Crippen molar-refractivity contribution < 1.29 is 14.4 Å². The van der Waals surface area contributed by atoms with Crippen LogP contribution in [0.5, 0.6) is 0 Å². The van der Waals surface area contributed by atoms with Crippen molar-refractivity contribution in [2.75, 3.05) is 26.7 Å². The maximum Gasteiger partial charge on any atom is 0.272 e. The molecule has 0 spiro atoms. The lowest BCUT2D eigenvalue weighted by molar-refractivity contribution is -0.133. The summed E-state index contributed by atoms with van der Waals surface area (Å²) in [7, 11) is 1.65. The average Bonchev–Trinajstić information content (AvgIpc) is 3.50. The van der Waals surface area contributed by atoms with Crippen molar-refractivity contribution in [1.29, 1.82) is 0 Å². The van der Waals surface area contributed by atoms with Crippen LogP contribution >= 0.6 is 0 Å². The molecule has 0 unspecified atom stereocenters. The van der Waals surface area contributed by atoms with Crippen molar-refractivity contribution in [2.45, 2.75) is 95.8 Å². The van der Waals surface area contributed by atoms with Gasteiger partial charge in [-0.05, 0) is 52.0 Å². The number of nitrogens with one attached hydrogen (secondary N) is 2. The number of amides is 3. The minimum atomic E-state index is -1.04. The molecule has 2 N–H and O–H groups in total. The molecule has 3 amide bonds. The zero-order valence-electron chi connectivity index (χ0n) is 20.9. The third-order valence-electron chi connectivity index (χ3n) is 8.04. The van der Waals surface area contributed by atoms with Gasteiger partial charge in [0.25, 0.3) is 11.8 Å². The summed E-state index contributed by atoms with van der Waals surface area (Å²) in [6, 6.07) is 2.37. The van der Waals surface area contributed by atoms with E-state index in [9.17, 15) is 14.4 Å². The quantitative estimate of drug-likeness (QED) is 0.565. The third-order valence-corrected chi connectivity index (χ3v) is 8.04. The molecule has 2 aliphatic heterocycles. The molecule has 4 rings (SSSR count). The van der Waals surface area contributed by atoms with Gasteiger partial charge < -0.3 is 20.4 Å². The van der Waals surface area contributed by atoms with E-state index < -0.39 is 5.54 Å². The lowest BCUT2D eigenvalue weighted by Gasteiger charge is -2.41. The van der Waals surface area contributed by atoms with Crippen LogP contribution in [0.2, 0.25) is 0 Å². The molecule has 9 nitrogen and oxygen atoms in total. The summed E-state index contributed by atoms with van der Waals surface area (Å²) in [5.41, 5.74) is -0.476. The Morgan fingerprint density at radius 1 is 1.18 bits per heavy atom. The van der Waals surface area contributed by atoms with E-state index in [0.717, 1.165) is 45.2 Å². The minimum Gasteiger partial charge on any atom is -0.351 e. The molecule has 9 heteroatoms. The molecule has 0 aromatic carbocycles. The predicted molar refractivity (Wildman–Crippen MR) is 130 cm³/mol. The Balaban J connectivity index is 1.34. The SMILES string of the molecule is CC[C@@H]1CCCCN1CCCNC(=O)c1cc2n(n1)C[C@@](C)(C(=O)NC1CCCC1)N(C)C2=O. The maximum absolute atomic E-state index is 13.1. The second-order valence-electron chi connectivity index (χ2n) is 10.4. The van der Waals surface area contributed by atoms with Gasteiger partial charge in [-0.1, -0.05) is 26.2 Å². The number of nitrogens with zero attached hydrogens (tertiary/aromatic N) is 4. The number of hydrogen-bond donors (Lipinski definition) is 2. The highest BCUT2D eigenvalue weighted by Crippen LogP contribution is 2.27. The second-order valence-corrected chi connectivity index (χ2v) is 10.4. The molecule has 3 aliphatic rings. The van der Waals surface area contributed by atoms with Gasteiger partial charge >= 0.3 is 0 Å². The standard InChI is InChI=1S/C25H40N6O3/c1-4-19-12-7-8-14-30(19)15-9-13-26-22(32)20-16-21-23(33)29(3)25(2,17-31(21)28-20)24(34)27-18-10-5-6-11-18/h16,18-19H,4-15,17H2,1-3H3,(H,26,32)(H,27,34)/t19-,25+/m1/s1. The first-order valence-corrected chi connectivity index (χ1v) is 13.0. The number of aromatic nitrogens is 2. The predicted octanol–water partition coefficient (Wildman–Crippen LogP) is 2.17. The molecule has 0 radical (unpaired) electrons. The Kier molecular flexibility index (Phi) is 7.60. The van der Waals surface area contributed by atoms with Gasteiger partial charge in [-0.25, -0.2) is 0 Å². The van der Waals surface area contributed by atoms with E-state index in [-0.39, 0.29) is 36.0 Å². The van der Waals surface area contributed by atoms with Crippen molar-refractivity contribution in [1.82, 2.24) is 30.2 Å². The topological polar surface area (TPSA) is 99.6 Å². The molecule has 2 fully saturated rings. The lowest BCUT2D eigenvalue weighted by atomic mass is 9.95. The normalized spacial score (nSPS) is 25.9. The minimum absolute atomic E-state index is 0.162. The molecular formula is C25H40N6O3. The molecule has 1 aromatic heterocycles. The number of likely N-dealkylation sites (tertiary alicyclic amines) is 1. The van der Waals surface area contributed by atoms with E-state index in [0.29, 0.717) is 18.3 Å². The fourth-order valence-electron chi connectivity index (χ4n) is 5.64. The summed E-state index contributed by atoms with van der Waals surface area (Å²) in [6.07, 6.45) is 10.1. The maximum atomic E-state index is 13.1. The van der Waals surface area contributed by atoms with Crippen LogP contribution in [0, 0.1) is 0 Å². The Bertz CT molecular complexity index is 908. The van der Waals surface area contributed by atoms with Gasteiger partial charge in [0.15, 0.2) is 5.69 Å². The number of carbonyl (C=O) groups excluding carboxylic acids is 3. The molecular weight excluding hydrogens is 432 g/mol. The van der Waals surface area contributed by atoms with Crippen LogP contribution in [0.15, 0.2) is 6.07 Å². The summed E-state index contributed by atoms with van der Waals surface area (Å²) in [5.74, 6) is -0.733. The van der Waals surface area contributed by atoms with Gasteiger partial charge in [0.1, 0.15) is 11.2 Å². The van der Waals surface area contributed by atoms with Crippen LogP contribution in [0.3, 0.4) is 0 Å². The van der Waals surface area contributed by atoms with Crippen LogP contribution in [-0.2, 0) is 11.3 Å². The summed E-state index contributed by atoms with van der Waals surface area (Å²) < 4.78 is 1.52. The van der Waals surface area contributed by atoms with E-state index >= 15 is 0 Å². The molecule has 1 saturated heterocycles. The van der Waals surface area contributed by atoms with Crippen LogP contribution in [0.4, 0.5) is 0 Å². The first-order chi connectivity index (χ1) is 16.3. The monoisotopic (exact) mass is 472 g/mol. The Morgan fingerprint density at radius 3 is 2.65 bits per heavy atom. The zero-order valence-corrected chi connectivity index (χ0v) is 20.9. The van der Waals surface area contributed by atoms with Gasteiger partial charge in [-0.3, -0.25) is 19.1 Å². The van der Waals surface area contributed by atoms with E-state index in [1.54, 1.807) is 20.0 Å². The highest BCUT2D eigenvalue weighted by atomic mass is 16.2. The van der Waals surface area contributed by atoms with E-state index in [2.05, 4.69) is 27.6 Å². The number of piperidine rings is 1. The molecule has 3 heterocycles. The molecule has 1 saturated carbocycles. The molecule has 0 bridgehead atoms. The van der Waals surface area contributed by atoms with Crippen molar-refractivity contribution in [3.05, 3.63) is 17.5 Å². The molecule has 1 aliphatic carbocycles. The van der Waals surface area contributed by atoms with Gasteiger partial charge in [0.2, 0.25) is 5.91 Å². The zero-order chi connectivity index (χ0) is 24.3. The largest absolute Gasteiger partial charge is 0.351 e. The highest BCUT2D eigenvalue weighted by molar-refractivity contribution is 6.01. The highest BCUT2D eigenvalue weighted by Gasteiger charge is 2.46. The smallest absolute Gasteiger partial charge is 0.272 e. The van der Waals surface area contributed by atoms with Crippen molar-refractivity contribution >= 4 is 17.7 Å². The fraction of sp³-hybridized carbons (Fsp3) is 0.760. The number of carbonyl (C=O) groups is 3. The van der Waals surface area contributed by atoms with Crippen molar-refractivity contribution in [3.8, 4) is 0 Å². The van der Waals surface area contributed by atoms with Gasteiger partial charge in [-0.15, -0.1) is 0 Å². The number of rotatable bonds is 8. The van der Waals surface area contributed by atoms with Gasteiger partial charge in [-0.2, -0.15) is 5.10 Å². The van der Waals surface area contributed by atoms with Gasteiger partial charge in [0, 0.05) is 38.3 Å². The Hall–Kier alpha value is -2.42. The fourth-order valence-corrected chi connectivity index (χ4v) is 5.64. The van der Waals surface area contributed by atoms with Crippen molar-refractivity contribution in [2.24, 2.45) is 0 Å². The first-order valence-electron chi connectivity index (χ1n) is 13.0. The number of fused-ring (bicyclic) bond motifs is 1. The summed E-state index contributed by atoms with van der Waals surface area (Å²) in [6.45, 7) is 6.93. The summed E-state index contributed by atoms with van der Waals surface area (Å²) in [4.78, 5) is 42.9. The van der Waals surface area contributed by atoms with Crippen LogP contribution in [0.1, 0.15) is 92.6 Å². The molecule has 2 atom stereocenters. The lowest BCUT2D eigenvalue weighted by Crippen LogP contribution is -2.63. The van der Waals surface area contributed by atoms with Crippen LogP contribution in [-0.4, -0.2) is 81.6 Å². The number of likely N-dealkylation sites (N-methyl/N-ethyl adjacent to an activating group) is 1. The average molecular weight is 473 g/mol. The number of hydrogen-bond acceptors (Lipinski definition) is 5. The molecule has 34 heavy (non-hydrogen) atoms. The second kappa shape index (κ2) is 10.5. The van der Waals surface area contributed by atoms with Crippen LogP contribution in [0.25, 0.3) is 0 Å². The Morgan fingerprint density at radius 2 is 1.91 bits per heavy atom. The van der Waals surface area contributed by atoms with Crippen molar-refractivity contribution in [3.63, 3.8) is 0 Å². The summed E-state index contributed by atoms with van der Waals surface area (Å²) in [5, 5.41) is 10.5. The third kappa shape index (κ3) is 4.99.